The second kappa shape index (κ2) is 8.70. The molecule has 9 heteroatoms. The van der Waals surface area contributed by atoms with E-state index in [0.717, 1.165) is 12.1 Å². The minimum absolute atomic E-state index is 0.0210. The fourth-order valence-corrected chi connectivity index (χ4v) is 2.48. The molecule has 9 nitrogen and oxygen atoms in total. The Kier molecular flexibility index (Phi) is 5.88. The highest BCUT2D eigenvalue weighted by molar-refractivity contribution is 6.02. The third-order valence-corrected chi connectivity index (χ3v) is 3.78. The number of nitrogens with one attached hydrogen (secondary N) is 1. The molecule has 0 aliphatic carbocycles. The van der Waals surface area contributed by atoms with Crippen LogP contribution in [0.1, 0.15) is 23.0 Å². The lowest BCUT2D eigenvalue weighted by molar-refractivity contribution is -0.385. The van der Waals surface area contributed by atoms with Gasteiger partial charge in [0.2, 0.25) is 0 Å². The molecule has 0 aliphatic heterocycles. The van der Waals surface area contributed by atoms with E-state index in [-0.39, 0.29) is 29.4 Å². The molecule has 0 radical (unpaired) electrons. The zero-order valence-electron chi connectivity index (χ0n) is 15.3. The number of nitro benzene ring substituents is 1. The predicted molar refractivity (Wildman–Crippen MR) is 104 cm³/mol. The number of aliphatic imine (C=N–C) groups is 1. The van der Waals surface area contributed by atoms with E-state index < -0.39 is 16.6 Å². The summed E-state index contributed by atoms with van der Waals surface area (Å²) in [5.74, 6) is -0.862. The van der Waals surface area contributed by atoms with Crippen LogP contribution in [0.4, 0.5) is 17.1 Å². The average molecular weight is 394 g/mol. The van der Waals surface area contributed by atoms with E-state index in [4.69, 9.17) is 9.15 Å². The van der Waals surface area contributed by atoms with Crippen LogP contribution in [0.15, 0.2) is 64.2 Å². The lowest BCUT2D eigenvalue weighted by Gasteiger charge is -2.16. The third kappa shape index (κ3) is 4.78. The van der Waals surface area contributed by atoms with E-state index in [1.807, 2.05) is 0 Å². The molecule has 3 rings (SSSR count). The molecule has 148 valence electrons. The van der Waals surface area contributed by atoms with Gasteiger partial charge in [-0.15, -0.1) is 0 Å². The summed E-state index contributed by atoms with van der Waals surface area (Å²) in [4.78, 5) is 26.7. The molecule has 3 aromatic rings. The van der Waals surface area contributed by atoms with Crippen molar-refractivity contribution < 1.29 is 24.0 Å². The number of anilines is 1. The van der Waals surface area contributed by atoms with Gasteiger partial charge in [0.1, 0.15) is 5.75 Å². The van der Waals surface area contributed by atoms with Gasteiger partial charge >= 0.3 is 0 Å². The molecule has 1 heterocycles. The van der Waals surface area contributed by atoms with Gasteiger partial charge in [-0.2, -0.15) is 0 Å². The maximum atomic E-state index is 12.4. The van der Waals surface area contributed by atoms with Gasteiger partial charge in [0.15, 0.2) is 5.76 Å². The third-order valence-electron chi connectivity index (χ3n) is 3.78. The van der Waals surface area contributed by atoms with Crippen LogP contribution < -0.4 is 15.2 Å². The van der Waals surface area contributed by atoms with Crippen LogP contribution >= 0.6 is 0 Å². The minimum Gasteiger partial charge on any atom is -0.870 e. The van der Waals surface area contributed by atoms with Crippen molar-refractivity contribution in [3.8, 4) is 11.5 Å². The SMILES string of the molecule is CCOc1cc([N+](=O)[O-])cc(C=Nc2cccc(NC(=O)c3ccco3)c2)c1[O-]. The van der Waals surface area contributed by atoms with Crippen molar-refractivity contribution in [1.29, 1.82) is 0 Å². The first-order chi connectivity index (χ1) is 14.0. The van der Waals surface area contributed by atoms with Crippen LogP contribution in [-0.2, 0) is 0 Å². The summed E-state index contributed by atoms with van der Waals surface area (Å²) in [6.45, 7) is 1.87. The predicted octanol–water partition coefficient (Wildman–Crippen LogP) is 3.66. The number of carbonyl (C=O) groups excluding carboxylic acids is 1. The molecule has 1 N–H and O–H groups in total. The van der Waals surface area contributed by atoms with Crippen LogP contribution in [0.25, 0.3) is 0 Å². The average Bonchev–Trinajstić information content (AvgIpc) is 3.24. The second-order valence-electron chi connectivity index (χ2n) is 5.79. The van der Waals surface area contributed by atoms with E-state index in [9.17, 15) is 20.0 Å². The lowest BCUT2D eigenvalue weighted by Crippen LogP contribution is -2.10. The zero-order chi connectivity index (χ0) is 20.8. The fourth-order valence-electron chi connectivity index (χ4n) is 2.48. The molecule has 2 aromatic carbocycles. The van der Waals surface area contributed by atoms with E-state index in [1.165, 1.54) is 18.5 Å². The van der Waals surface area contributed by atoms with Gasteiger partial charge < -0.3 is 19.6 Å². The van der Waals surface area contributed by atoms with Gasteiger partial charge in [-0.3, -0.25) is 19.9 Å². The molecule has 0 saturated heterocycles. The number of hydrogen-bond donors (Lipinski definition) is 1. The molecule has 0 fully saturated rings. The Morgan fingerprint density at radius 1 is 1.28 bits per heavy atom. The summed E-state index contributed by atoms with van der Waals surface area (Å²) < 4.78 is 10.2. The fraction of sp³-hybridized carbons (Fsp3) is 0.100. The number of hydrogen-bond acceptors (Lipinski definition) is 7. The Bertz CT molecular complexity index is 1060. The number of benzene rings is 2. The minimum atomic E-state index is -0.607. The highest BCUT2D eigenvalue weighted by atomic mass is 16.6. The highest BCUT2D eigenvalue weighted by Crippen LogP contribution is 2.32. The summed E-state index contributed by atoms with van der Waals surface area (Å²) in [6, 6.07) is 11.9. The quantitative estimate of drug-likeness (QED) is 0.370. The molecule has 0 unspecified atom stereocenters. The standard InChI is InChI=1S/C20H17N3O6/c1-2-28-18-11-16(23(26)27)9-13(19(18)24)12-21-14-5-3-6-15(10-14)22-20(25)17-7-4-8-29-17/h3-12,24H,2H2,1H3,(H,22,25)/p-1. The summed E-state index contributed by atoms with van der Waals surface area (Å²) in [7, 11) is 0. The molecule has 0 bridgehead atoms. The number of amides is 1. The largest absolute Gasteiger partial charge is 0.870 e. The molecule has 0 aliphatic rings. The summed E-state index contributed by atoms with van der Waals surface area (Å²) in [5, 5.41) is 26.2. The smallest absolute Gasteiger partial charge is 0.291 e. The van der Waals surface area contributed by atoms with Crippen molar-refractivity contribution in [2.45, 2.75) is 6.92 Å². The Morgan fingerprint density at radius 2 is 2.10 bits per heavy atom. The first-order valence-corrected chi connectivity index (χ1v) is 8.59. The van der Waals surface area contributed by atoms with Gasteiger partial charge in [-0.05, 0) is 42.8 Å². The Labute approximate surface area is 165 Å². The van der Waals surface area contributed by atoms with Crippen LogP contribution in [0, 0.1) is 10.1 Å². The van der Waals surface area contributed by atoms with Gasteiger partial charge in [0, 0.05) is 18.0 Å². The molecule has 1 amide bonds. The van der Waals surface area contributed by atoms with Gasteiger partial charge in [0.05, 0.1) is 29.5 Å². The normalized spacial score (nSPS) is 10.8. The molecule has 29 heavy (non-hydrogen) atoms. The van der Waals surface area contributed by atoms with Crippen LogP contribution in [0.2, 0.25) is 0 Å². The summed E-state index contributed by atoms with van der Waals surface area (Å²) in [6.07, 6.45) is 2.62. The number of furan rings is 1. The number of rotatable bonds is 7. The molecule has 1 aromatic heterocycles. The van der Waals surface area contributed by atoms with Crippen molar-refractivity contribution in [2.24, 2.45) is 4.99 Å². The van der Waals surface area contributed by atoms with Crippen molar-refractivity contribution in [1.82, 2.24) is 0 Å². The monoisotopic (exact) mass is 394 g/mol. The lowest BCUT2D eigenvalue weighted by atomic mass is 10.1. The van der Waals surface area contributed by atoms with Gasteiger partial charge in [-0.25, -0.2) is 0 Å². The maximum absolute atomic E-state index is 12.4. The number of nitrogens with zero attached hydrogens (tertiary/aromatic N) is 2. The van der Waals surface area contributed by atoms with Crippen molar-refractivity contribution in [3.05, 3.63) is 76.2 Å². The van der Waals surface area contributed by atoms with Crippen molar-refractivity contribution in [3.63, 3.8) is 0 Å². The van der Waals surface area contributed by atoms with Crippen molar-refractivity contribution in [2.75, 3.05) is 11.9 Å². The molecular weight excluding hydrogens is 378 g/mol. The Morgan fingerprint density at radius 3 is 2.79 bits per heavy atom. The molecular formula is C20H16N3O6-. The Hall–Kier alpha value is -4.14. The maximum Gasteiger partial charge on any atom is 0.291 e. The van der Waals surface area contributed by atoms with Crippen LogP contribution in [0.3, 0.4) is 0 Å². The second-order valence-corrected chi connectivity index (χ2v) is 5.79. The zero-order valence-corrected chi connectivity index (χ0v) is 15.3. The van der Waals surface area contributed by atoms with E-state index >= 15 is 0 Å². The van der Waals surface area contributed by atoms with E-state index in [1.54, 1.807) is 37.3 Å². The molecule has 0 saturated carbocycles. The molecule has 0 spiro atoms. The van der Waals surface area contributed by atoms with E-state index in [2.05, 4.69) is 10.3 Å². The van der Waals surface area contributed by atoms with Crippen molar-refractivity contribution >= 4 is 29.2 Å². The summed E-state index contributed by atoms with van der Waals surface area (Å²) in [5.41, 5.74) is 0.658. The number of non-ortho nitro benzene ring substituents is 1. The topological polar surface area (TPSA) is 130 Å². The van der Waals surface area contributed by atoms with Gasteiger partial charge in [0.25, 0.3) is 11.6 Å². The highest BCUT2D eigenvalue weighted by Gasteiger charge is 2.12. The van der Waals surface area contributed by atoms with Crippen LogP contribution in [0.5, 0.6) is 11.5 Å². The number of nitro groups is 1. The Balaban J connectivity index is 1.84. The van der Waals surface area contributed by atoms with Gasteiger partial charge in [-0.1, -0.05) is 11.8 Å². The van der Waals surface area contributed by atoms with Crippen LogP contribution in [-0.4, -0.2) is 23.7 Å². The number of ether oxygens (including phenoxy) is 1. The van der Waals surface area contributed by atoms with E-state index in [0.29, 0.717) is 11.4 Å². The summed E-state index contributed by atoms with van der Waals surface area (Å²) >= 11 is 0. The molecule has 0 atom stereocenters. The first-order valence-electron chi connectivity index (χ1n) is 8.59. The first kappa shape index (κ1) is 19.6. The number of carbonyl (C=O) groups is 1.